The number of aryl methyl sites for hydroxylation is 1. The molecule has 1 heterocycles. The van der Waals surface area contributed by atoms with Crippen LogP contribution in [0.5, 0.6) is 0 Å². The Morgan fingerprint density at radius 2 is 1.81 bits per heavy atom. The Hall–Kier alpha value is -2.08. The van der Waals surface area contributed by atoms with Crippen molar-refractivity contribution in [3.8, 4) is 0 Å². The lowest BCUT2D eigenvalue weighted by Gasteiger charge is -2.39. The summed E-state index contributed by atoms with van der Waals surface area (Å²) in [5.41, 5.74) is 1.49. The summed E-state index contributed by atoms with van der Waals surface area (Å²) < 4.78 is 10.8. The number of nitrogens with one attached hydrogen (secondary N) is 1. The maximum Gasteiger partial charge on any atom is 0.412 e. The van der Waals surface area contributed by atoms with E-state index in [2.05, 4.69) is 5.32 Å². The first-order valence-electron chi connectivity index (χ1n) is 8.96. The molecule has 1 N–H and O–H groups in total. The van der Waals surface area contributed by atoms with E-state index in [0.717, 1.165) is 11.1 Å². The Bertz CT molecular complexity index is 671. The van der Waals surface area contributed by atoms with E-state index in [0.29, 0.717) is 31.7 Å². The summed E-state index contributed by atoms with van der Waals surface area (Å²) in [7, 11) is 3.57. The van der Waals surface area contributed by atoms with Crippen molar-refractivity contribution in [3.63, 3.8) is 0 Å². The fourth-order valence-electron chi connectivity index (χ4n) is 3.45. The number of rotatable bonds is 3. The van der Waals surface area contributed by atoms with Crippen LogP contribution in [0.15, 0.2) is 18.2 Å². The molecule has 0 radical (unpaired) electrons. The molecule has 1 saturated heterocycles. The van der Waals surface area contributed by atoms with Gasteiger partial charge in [0.05, 0.1) is 5.41 Å². The highest BCUT2D eigenvalue weighted by molar-refractivity contribution is 5.89. The molecule has 2 rings (SSSR count). The molecule has 0 unspecified atom stereocenters. The van der Waals surface area contributed by atoms with Crippen LogP contribution in [-0.4, -0.2) is 49.8 Å². The van der Waals surface area contributed by atoms with E-state index in [4.69, 9.17) is 9.47 Å². The molecule has 2 amide bonds. The van der Waals surface area contributed by atoms with Crippen LogP contribution in [-0.2, 0) is 19.7 Å². The van der Waals surface area contributed by atoms with Gasteiger partial charge in [-0.25, -0.2) is 4.79 Å². The molecule has 0 aromatic heterocycles. The van der Waals surface area contributed by atoms with Crippen LogP contribution in [0.2, 0.25) is 0 Å². The van der Waals surface area contributed by atoms with Gasteiger partial charge in [0.25, 0.3) is 0 Å². The lowest BCUT2D eigenvalue weighted by molar-refractivity contribution is -0.138. The summed E-state index contributed by atoms with van der Waals surface area (Å²) in [6.07, 6.45) is 0.822. The van der Waals surface area contributed by atoms with Crippen molar-refractivity contribution in [1.82, 2.24) is 4.90 Å². The molecule has 1 fully saturated rings. The molecule has 26 heavy (non-hydrogen) atoms. The number of likely N-dealkylation sites (N-methyl/N-ethyl adjacent to an activating group) is 1. The molecule has 6 heteroatoms. The number of carbonyl (C=O) groups is 2. The highest BCUT2D eigenvalue weighted by atomic mass is 16.6. The van der Waals surface area contributed by atoms with E-state index in [1.54, 1.807) is 19.0 Å². The average Bonchev–Trinajstić information content (AvgIpc) is 2.52. The predicted octanol–water partition coefficient (Wildman–Crippen LogP) is 3.48. The van der Waals surface area contributed by atoms with E-state index in [9.17, 15) is 9.59 Å². The Kier molecular flexibility index (Phi) is 5.96. The van der Waals surface area contributed by atoms with Crippen LogP contribution < -0.4 is 5.32 Å². The first-order valence-corrected chi connectivity index (χ1v) is 8.96. The van der Waals surface area contributed by atoms with Gasteiger partial charge in [0.1, 0.15) is 5.60 Å². The largest absolute Gasteiger partial charge is 0.444 e. The van der Waals surface area contributed by atoms with Gasteiger partial charge in [-0.2, -0.15) is 0 Å². The summed E-state index contributed by atoms with van der Waals surface area (Å²) in [5.74, 6) is 0.0942. The number of anilines is 1. The first kappa shape index (κ1) is 20.2. The van der Waals surface area contributed by atoms with Crippen molar-refractivity contribution in [1.29, 1.82) is 0 Å². The summed E-state index contributed by atoms with van der Waals surface area (Å²) >= 11 is 0. The third-order valence-corrected chi connectivity index (χ3v) is 4.55. The van der Waals surface area contributed by atoms with Crippen molar-refractivity contribution < 1.29 is 19.1 Å². The highest BCUT2D eigenvalue weighted by Gasteiger charge is 2.43. The molecular weight excluding hydrogens is 332 g/mol. The van der Waals surface area contributed by atoms with Gasteiger partial charge in [-0.3, -0.25) is 10.1 Å². The minimum Gasteiger partial charge on any atom is -0.444 e. The highest BCUT2D eigenvalue weighted by Crippen LogP contribution is 2.39. The van der Waals surface area contributed by atoms with Gasteiger partial charge in [-0.1, -0.05) is 6.07 Å². The molecule has 0 saturated carbocycles. The van der Waals surface area contributed by atoms with Gasteiger partial charge in [-0.05, 0) is 63.8 Å². The fourth-order valence-corrected chi connectivity index (χ4v) is 3.45. The van der Waals surface area contributed by atoms with E-state index < -0.39 is 17.1 Å². The smallest absolute Gasteiger partial charge is 0.412 e. The Balaban J connectivity index is 2.29. The minimum atomic E-state index is -0.573. The van der Waals surface area contributed by atoms with Crippen LogP contribution in [0.4, 0.5) is 10.5 Å². The van der Waals surface area contributed by atoms with Gasteiger partial charge < -0.3 is 14.4 Å². The summed E-state index contributed by atoms with van der Waals surface area (Å²) in [6.45, 7) is 8.57. The Labute approximate surface area is 155 Å². The number of hydrogen-bond donors (Lipinski definition) is 1. The van der Waals surface area contributed by atoms with Crippen LogP contribution in [0.1, 0.15) is 44.7 Å². The fraction of sp³-hybridized carbons (Fsp3) is 0.600. The average molecular weight is 362 g/mol. The zero-order valence-corrected chi connectivity index (χ0v) is 16.6. The molecule has 6 nitrogen and oxygen atoms in total. The zero-order valence-electron chi connectivity index (χ0n) is 16.6. The van der Waals surface area contributed by atoms with Crippen LogP contribution in [0, 0.1) is 6.92 Å². The van der Waals surface area contributed by atoms with Crippen molar-refractivity contribution in [2.45, 2.75) is 51.6 Å². The third-order valence-electron chi connectivity index (χ3n) is 4.55. The van der Waals surface area contributed by atoms with Crippen LogP contribution >= 0.6 is 0 Å². The molecule has 0 spiro atoms. The number of hydrogen-bond acceptors (Lipinski definition) is 4. The van der Waals surface area contributed by atoms with Crippen molar-refractivity contribution in [2.24, 2.45) is 0 Å². The van der Waals surface area contributed by atoms with Gasteiger partial charge in [-0.15, -0.1) is 0 Å². The van der Waals surface area contributed by atoms with E-state index in [1.165, 1.54) is 0 Å². The van der Waals surface area contributed by atoms with E-state index >= 15 is 0 Å². The molecule has 1 aromatic rings. The van der Waals surface area contributed by atoms with Gasteiger partial charge in [0, 0.05) is 33.0 Å². The lowest BCUT2D eigenvalue weighted by Crippen LogP contribution is -2.47. The second-order valence-corrected chi connectivity index (χ2v) is 8.05. The number of benzene rings is 1. The molecular formula is C20H30N2O4. The number of ether oxygens (including phenoxy) is 2. The molecule has 0 aliphatic carbocycles. The molecule has 1 aliphatic rings. The normalized spacial score (nSPS) is 16.7. The molecule has 0 atom stereocenters. The SMILES string of the molecule is Cc1cc(NC(=O)OC(C)(C)C)ccc1C1(C(=O)N(C)C)CCOCC1. The predicted molar refractivity (Wildman–Crippen MR) is 101 cm³/mol. The maximum absolute atomic E-state index is 13.0. The zero-order chi connectivity index (χ0) is 19.5. The Morgan fingerprint density at radius 1 is 1.19 bits per heavy atom. The second kappa shape index (κ2) is 7.66. The van der Waals surface area contributed by atoms with E-state index in [1.807, 2.05) is 45.9 Å². The lowest BCUT2D eigenvalue weighted by atomic mass is 9.71. The second-order valence-electron chi connectivity index (χ2n) is 8.05. The van der Waals surface area contributed by atoms with Gasteiger partial charge in [0.15, 0.2) is 0 Å². The minimum absolute atomic E-state index is 0.0942. The number of carbonyl (C=O) groups excluding carboxylic acids is 2. The summed E-state index contributed by atoms with van der Waals surface area (Å²) in [6, 6.07) is 5.65. The molecule has 144 valence electrons. The summed E-state index contributed by atoms with van der Waals surface area (Å²) in [4.78, 5) is 26.6. The topological polar surface area (TPSA) is 67.9 Å². The quantitative estimate of drug-likeness (QED) is 0.894. The molecule has 0 bridgehead atoms. The number of amides is 2. The molecule has 1 aromatic carbocycles. The van der Waals surface area contributed by atoms with Crippen molar-refractivity contribution >= 4 is 17.7 Å². The van der Waals surface area contributed by atoms with Gasteiger partial charge >= 0.3 is 6.09 Å². The van der Waals surface area contributed by atoms with Crippen molar-refractivity contribution in [3.05, 3.63) is 29.3 Å². The van der Waals surface area contributed by atoms with Crippen LogP contribution in [0.3, 0.4) is 0 Å². The number of nitrogens with zero attached hydrogens (tertiary/aromatic N) is 1. The Morgan fingerprint density at radius 3 is 2.31 bits per heavy atom. The standard InChI is InChI=1S/C20H30N2O4/c1-14-13-15(21-18(24)26-19(2,3)4)7-8-16(14)20(17(23)22(5)6)9-11-25-12-10-20/h7-8,13H,9-12H2,1-6H3,(H,21,24). The third kappa shape index (κ3) is 4.55. The molecule has 1 aliphatic heterocycles. The van der Waals surface area contributed by atoms with E-state index in [-0.39, 0.29) is 5.91 Å². The van der Waals surface area contributed by atoms with Crippen molar-refractivity contribution in [2.75, 3.05) is 32.6 Å². The van der Waals surface area contributed by atoms with Crippen LogP contribution in [0.25, 0.3) is 0 Å². The monoisotopic (exact) mass is 362 g/mol. The first-order chi connectivity index (χ1) is 12.0. The summed E-state index contributed by atoms with van der Waals surface area (Å²) in [5, 5.41) is 2.75. The van der Waals surface area contributed by atoms with Gasteiger partial charge in [0.2, 0.25) is 5.91 Å². The maximum atomic E-state index is 13.0.